The number of nitrogens with zero attached hydrogens (tertiary/aromatic N) is 2. The second-order valence-electron chi connectivity index (χ2n) is 5.96. The van der Waals surface area contributed by atoms with Crippen LogP contribution in [0.1, 0.15) is 12.5 Å². The van der Waals surface area contributed by atoms with E-state index >= 15 is 0 Å². The van der Waals surface area contributed by atoms with Gasteiger partial charge >= 0.3 is 0 Å². The lowest BCUT2D eigenvalue weighted by molar-refractivity contribution is -0.0610. The molecule has 0 aliphatic carbocycles. The Balaban J connectivity index is 1.95. The molecule has 2 aromatic carbocycles. The van der Waals surface area contributed by atoms with E-state index in [-0.39, 0.29) is 17.7 Å². The second kappa shape index (κ2) is 6.27. The molecule has 0 radical (unpaired) electrons. The summed E-state index contributed by atoms with van der Waals surface area (Å²) < 4.78 is 13.6. The van der Waals surface area contributed by atoms with Crippen LogP contribution in [0.3, 0.4) is 0 Å². The molecule has 2 unspecified atom stereocenters. The third-order valence-corrected chi connectivity index (χ3v) is 5.33. The van der Waals surface area contributed by atoms with Gasteiger partial charge in [-0.25, -0.2) is 4.98 Å². The Labute approximate surface area is 147 Å². The van der Waals surface area contributed by atoms with Crippen LogP contribution in [0.15, 0.2) is 45.9 Å². The molecule has 4 rings (SSSR count). The van der Waals surface area contributed by atoms with Crippen molar-refractivity contribution in [3.63, 3.8) is 0 Å². The fourth-order valence-electron chi connectivity index (χ4n) is 3.41. The zero-order chi connectivity index (χ0) is 16.7. The Morgan fingerprint density at radius 2 is 2.08 bits per heavy atom. The van der Waals surface area contributed by atoms with E-state index in [2.05, 4.69) is 20.9 Å². The number of aromatic nitrogens is 2. The first-order valence-corrected chi connectivity index (χ1v) is 8.68. The van der Waals surface area contributed by atoms with Gasteiger partial charge in [-0.15, -0.1) is 0 Å². The summed E-state index contributed by atoms with van der Waals surface area (Å²) in [7, 11) is 1.65. The molecule has 0 amide bonds. The number of fused-ring (bicyclic) bond motifs is 3. The maximum Gasteiger partial charge on any atom is 0.261 e. The fraction of sp³-hybridized carbons (Fsp3) is 0.333. The average Bonchev–Trinajstić information content (AvgIpc) is 2.63. The molecule has 0 bridgehead atoms. The quantitative estimate of drug-likeness (QED) is 0.632. The van der Waals surface area contributed by atoms with E-state index in [9.17, 15) is 4.79 Å². The van der Waals surface area contributed by atoms with Crippen LogP contribution in [-0.2, 0) is 9.47 Å². The maximum atomic E-state index is 13.1. The highest BCUT2D eigenvalue weighted by Gasteiger charge is 2.28. The van der Waals surface area contributed by atoms with Crippen LogP contribution >= 0.6 is 15.9 Å². The highest BCUT2D eigenvalue weighted by molar-refractivity contribution is 9.10. The standard InChI is InChI=1S/C18H17BrN2O3/c1-23-16-9-24-7-6-15(16)21-10-20-17-12-5-3-2-4-11(12)14(19)8-13(17)18(21)22/h2-5,8,10,15-16H,6-7,9H2,1H3. The van der Waals surface area contributed by atoms with Crippen LogP contribution in [0, 0.1) is 0 Å². The molecule has 3 aromatic rings. The molecule has 5 nitrogen and oxygen atoms in total. The molecule has 24 heavy (non-hydrogen) atoms. The highest BCUT2D eigenvalue weighted by Crippen LogP contribution is 2.30. The van der Waals surface area contributed by atoms with Crippen molar-refractivity contribution in [2.24, 2.45) is 0 Å². The largest absolute Gasteiger partial charge is 0.379 e. The van der Waals surface area contributed by atoms with Gasteiger partial charge in [-0.3, -0.25) is 9.36 Å². The summed E-state index contributed by atoms with van der Waals surface area (Å²) in [5, 5.41) is 2.64. The van der Waals surface area contributed by atoms with Gasteiger partial charge in [0.05, 0.1) is 29.9 Å². The van der Waals surface area contributed by atoms with E-state index in [1.54, 1.807) is 18.0 Å². The second-order valence-corrected chi connectivity index (χ2v) is 6.82. The van der Waals surface area contributed by atoms with E-state index in [1.165, 1.54) is 0 Å². The van der Waals surface area contributed by atoms with Crippen molar-refractivity contribution in [1.82, 2.24) is 9.55 Å². The third kappa shape index (κ3) is 2.46. The molecule has 0 spiro atoms. The minimum Gasteiger partial charge on any atom is -0.379 e. The normalized spacial score (nSPS) is 21.4. The van der Waals surface area contributed by atoms with Crippen molar-refractivity contribution in [3.05, 3.63) is 51.5 Å². The van der Waals surface area contributed by atoms with Crippen molar-refractivity contribution in [2.75, 3.05) is 20.3 Å². The molecule has 6 heteroatoms. The van der Waals surface area contributed by atoms with Crippen molar-refractivity contribution in [2.45, 2.75) is 18.6 Å². The first-order chi connectivity index (χ1) is 11.7. The summed E-state index contributed by atoms with van der Waals surface area (Å²) in [4.78, 5) is 17.7. The topological polar surface area (TPSA) is 53.4 Å². The maximum absolute atomic E-state index is 13.1. The zero-order valence-electron chi connectivity index (χ0n) is 13.2. The zero-order valence-corrected chi connectivity index (χ0v) is 14.8. The Bertz CT molecular complexity index is 970. The van der Waals surface area contributed by atoms with E-state index in [0.29, 0.717) is 18.6 Å². The number of hydrogen-bond acceptors (Lipinski definition) is 4. The van der Waals surface area contributed by atoms with E-state index in [1.807, 2.05) is 30.3 Å². The summed E-state index contributed by atoms with van der Waals surface area (Å²) in [5.74, 6) is 0. The Hall–Kier alpha value is -1.76. The molecule has 1 aliphatic rings. The summed E-state index contributed by atoms with van der Waals surface area (Å²) in [5.41, 5.74) is 0.691. The van der Waals surface area contributed by atoms with Crippen LogP contribution in [0.2, 0.25) is 0 Å². The highest BCUT2D eigenvalue weighted by atomic mass is 79.9. The number of hydrogen-bond donors (Lipinski definition) is 0. The van der Waals surface area contributed by atoms with E-state index in [0.717, 1.165) is 27.2 Å². The number of rotatable bonds is 2. The average molecular weight is 389 g/mol. The Kier molecular flexibility index (Phi) is 4.12. The Morgan fingerprint density at radius 3 is 2.88 bits per heavy atom. The molecule has 2 heterocycles. The van der Waals surface area contributed by atoms with Gasteiger partial charge in [-0.05, 0) is 17.9 Å². The van der Waals surface area contributed by atoms with Gasteiger partial charge in [0.2, 0.25) is 0 Å². The molecular weight excluding hydrogens is 372 g/mol. The van der Waals surface area contributed by atoms with Gasteiger partial charge in [-0.2, -0.15) is 0 Å². The number of benzene rings is 2. The van der Waals surface area contributed by atoms with Crippen molar-refractivity contribution in [3.8, 4) is 0 Å². The summed E-state index contributed by atoms with van der Waals surface area (Å²) in [6.07, 6.45) is 2.24. The van der Waals surface area contributed by atoms with Crippen LogP contribution in [-0.4, -0.2) is 36.0 Å². The molecule has 124 valence electrons. The van der Waals surface area contributed by atoms with Gasteiger partial charge in [0, 0.05) is 23.6 Å². The first-order valence-electron chi connectivity index (χ1n) is 7.89. The predicted molar refractivity (Wildman–Crippen MR) is 96.5 cm³/mol. The minimum absolute atomic E-state index is 0.0413. The van der Waals surface area contributed by atoms with Crippen molar-refractivity contribution < 1.29 is 9.47 Å². The lowest BCUT2D eigenvalue weighted by Crippen LogP contribution is -2.40. The number of methoxy groups -OCH3 is 1. The molecule has 1 saturated heterocycles. The van der Waals surface area contributed by atoms with Crippen LogP contribution in [0.5, 0.6) is 0 Å². The molecular formula is C18H17BrN2O3. The number of halogens is 1. The van der Waals surface area contributed by atoms with Crippen LogP contribution < -0.4 is 5.56 Å². The van der Waals surface area contributed by atoms with Crippen molar-refractivity contribution in [1.29, 1.82) is 0 Å². The summed E-state index contributed by atoms with van der Waals surface area (Å²) >= 11 is 3.58. The van der Waals surface area contributed by atoms with E-state index < -0.39 is 0 Å². The molecule has 2 atom stereocenters. The monoisotopic (exact) mass is 388 g/mol. The van der Waals surface area contributed by atoms with Gasteiger partial charge in [0.15, 0.2) is 0 Å². The first kappa shape index (κ1) is 15.7. The summed E-state index contributed by atoms with van der Waals surface area (Å²) in [6, 6.07) is 9.76. The molecule has 1 aliphatic heterocycles. The van der Waals surface area contributed by atoms with Crippen LogP contribution in [0.4, 0.5) is 0 Å². The predicted octanol–water partition coefficient (Wildman–Crippen LogP) is 3.29. The number of ether oxygens (including phenoxy) is 2. The van der Waals surface area contributed by atoms with E-state index in [4.69, 9.17) is 9.47 Å². The molecule has 1 aromatic heterocycles. The van der Waals surface area contributed by atoms with Crippen molar-refractivity contribution >= 4 is 37.6 Å². The lowest BCUT2D eigenvalue weighted by Gasteiger charge is -2.31. The van der Waals surface area contributed by atoms with Crippen LogP contribution in [0.25, 0.3) is 21.7 Å². The smallest absolute Gasteiger partial charge is 0.261 e. The van der Waals surface area contributed by atoms with Gasteiger partial charge < -0.3 is 9.47 Å². The molecule has 0 saturated carbocycles. The van der Waals surface area contributed by atoms with Gasteiger partial charge in [-0.1, -0.05) is 40.2 Å². The van der Waals surface area contributed by atoms with Gasteiger partial charge in [0.25, 0.3) is 5.56 Å². The third-order valence-electron chi connectivity index (χ3n) is 4.67. The minimum atomic E-state index is -0.139. The molecule has 1 fully saturated rings. The lowest BCUT2D eigenvalue weighted by atomic mass is 10.0. The summed E-state index contributed by atoms with van der Waals surface area (Å²) in [6.45, 7) is 1.11. The van der Waals surface area contributed by atoms with Gasteiger partial charge in [0.1, 0.15) is 6.10 Å². The SMILES string of the molecule is COC1COCCC1n1cnc2c(cc(Br)c3ccccc32)c1=O. The Morgan fingerprint density at radius 1 is 1.29 bits per heavy atom. The molecule has 0 N–H and O–H groups in total. The fourth-order valence-corrected chi connectivity index (χ4v) is 3.98.